The van der Waals surface area contributed by atoms with Crippen molar-refractivity contribution in [3.8, 4) is 0 Å². The molecule has 0 aromatic heterocycles. The van der Waals surface area contributed by atoms with Crippen LogP contribution in [0, 0.1) is 5.92 Å². The van der Waals surface area contributed by atoms with Crippen molar-refractivity contribution in [1.29, 1.82) is 0 Å². The number of carbonyl (C=O) groups excluding carboxylic acids is 2. The lowest BCUT2D eigenvalue weighted by Gasteiger charge is -2.32. The van der Waals surface area contributed by atoms with Crippen LogP contribution in [0.5, 0.6) is 0 Å². The topological polar surface area (TPSA) is 73.5 Å². The molecule has 6 nitrogen and oxygen atoms in total. The molecule has 0 aliphatic carbocycles. The maximum Gasteiger partial charge on any atom is 0.319 e. The molecule has 1 aromatic carbocycles. The van der Waals surface area contributed by atoms with Gasteiger partial charge in [-0.3, -0.25) is 4.79 Å². The SMILES string of the molecule is CCNCC1CCN(C(=O)c2cc(NC(=O)NC(C)(C)C)ccc2Cl)CC1.Cl. The normalized spacial score (nSPS) is 15.0. The lowest BCUT2D eigenvalue weighted by molar-refractivity contribution is 0.0690. The molecule has 1 aliphatic heterocycles. The number of hydrogen-bond acceptors (Lipinski definition) is 3. The van der Waals surface area contributed by atoms with Gasteiger partial charge in [0.15, 0.2) is 0 Å². The molecule has 0 saturated carbocycles. The van der Waals surface area contributed by atoms with E-state index in [2.05, 4.69) is 22.9 Å². The summed E-state index contributed by atoms with van der Waals surface area (Å²) < 4.78 is 0. The van der Waals surface area contributed by atoms with Crippen molar-refractivity contribution in [3.63, 3.8) is 0 Å². The summed E-state index contributed by atoms with van der Waals surface area (Å²) >= 11 is 6.26. The second-order valence-electron chi connectivity index (χ2n) is 8.07. The number of piperidine rings is 1. The Hall–Kier alpha value is -1.50. The van der Waals surface area contributed by atoms with Gasteiger partial charge in [0.1, 0.15) is 0 Å². The van der Waals surface area contributed by atoms with Crippen molar-refractivity contribution in [2.24, 2.45) is 5.92 Å². The van der Waals surface area contributed by atoms with Crippen LogP contribution in [-0.2, 0) is 0 Å². The van der Waals surface area contributed by atoms with E-state index in [0.29, 0.717) is 22.2 Å². The Kier molecular flexibility index (Phi) is 9.54. The van der Waals surface area contributed by atoms with E-state index >= 15 is 0 Å². The van der Waals surface area contributed by atoms with E-state index in [-0.39, 0.29) is 29.9 Å². The van der Waals surface area contributed by atoms with Gasteiger partial charge in [-0.15, -0.1) is 12.4 Å². The predicted molar refractivity (Wildman–Crippen MR) is 118 cm³/mol. The molecule has 0 spiro atoms. The fourth-order valence-electron chi connectivity index (χ4n) is 3.13. The lowest BCUT2D eigenvalue weighted by Crippen LogP contribution is -2.43. The molecule has 0 radical (unpaired) electrons. The zero-order valence-electron chi connectivity index (χ0n) is 17.1. The third-order valence-corrected chi connectivity index (χ3v) is 4.86. The zero-order valence-corrected chi connectivity index (χ0v) is 18.7. The van der Waals surface area contributed by atoms with Crippen molar-refractivity contribution >= 4 is 41.6 Å². The number of benzene rings is 1. The van der Waals surface area contributed by atoms with Crippen LogP contribution >= 0.6 is 24.0 Å². The van der Waals surface area contributed by atoms with Crippen molar-refractivity contribution in [1.82, 2.24) is 15.5 Å². The van der Waals surface area contributed by atoms with Gasteiger partial charge >= 0.3 is 6.03 Å². The number of likely N-dealkylation sites (tertiary alicyclic amines) is 1. The summed E-state index contributed by atoms with van der Waals surface area (Å²) in [6.07, 6.45) is 1.98. The number of amides is 3. The Morgan fingerprint density at radius 1 is 1.21 bits per heavy atom. The lowest BCUT2D eigenvalue weighted by atomic mass is 9.96. The van der Waals surface area contributed by atoms with E-state index in [4.69, 9.17) is 11.6 Å². The summed E-state index contributed by atoms with van der Waals surface area (Å²) in [5.74, 6) is 0.528. The van der Waals surface area contributed by atoms with E-state index in [9.17, 15) is 9.59 Å². The molecular formula is C20H32Cl2N4O2. The van der Waals surface area contributed by atoms with Gasteiger partial charge in [0.2, 0.25) is 0 Å². The van der Waals surface area contributed by atoms with Crippen molar-refractivity contribution in [2.75, 3.05) is 31.5 Å². The summed E-state index contributed by atoms with van der Waals surface area (Å²) in [6.45, 7) is 11.2. The average Bonchev–Trinajstić information content (AvgIpc) is 2.60. The van der Waals surface area contributed by atoms with Gasteiger partial charge in [0.05, 0.1) is 10.6 Å². The number of hydrogen-bond donors (Lipinski definition) is 3. The maximum atomic E-state index is 12.9. The highest BCUT2D eigenvalue weighted by Gasteiger charge is 2.25. The van der Waals surface area contributed by atoms with Gasteiger partial charge in [-0.2, -0.15) is 0 Å². The Balaban J connectivity index is 0.00000392. The molecule has 1 heterocycles. The summed E-state index contributed by atoms with van der Waals surface area (Å²) in [4.78, 5) is 26.8. The molecule has 0 atom stereocenters. The molecule has 1 saturated heterocycles. The first-order valence-electron chi connectivity index (χ1n) is 9.58. The van der Waals surface area contributed by atoms with Crippen LogP contribution in [0.2, 0.25) is 5.02 Å². The first-order valence-corrected chi connectivity index (χ1v) is 9.96. The molecule has 158 valence electrons. The highest BCUT2D eigenvalue weighted by atomic mass is 35.5. The smallest absolute Gasteiger partial charge is 0.319 e. The number of nitrogens with zero attached hydrogens (tertiary/aromatic N) is 1. The van der Waals surface area contributed by atoms with Gasteiger partial charge < -0.3 is 20.9 Å². The Morgan fingerprint density at radius 2 is 1.86 bits per heavy atom. The Labute approximate surface area is 179 Å². The van der Waals surface area contributed by atoms with Gasteiger partial charge in [-0.05, 0) is 70.8 Å². The van der Waals surface area contributed by atoms with Gasteiger partial charge in [0.25, 0.3) is 5.91 Å². The third kappa shape index (κ3) is 7.49. The summed E-state index contributed by atoms with van der Waals surface area (Å²) in [6, 6.07) is 4.69. The highest BCUT2D eigenvalue weighted by molar-refractivity contribution is 6.34. The Bertz CT molecular complexity index is 669. The predicted octanol–water partition coefficient (Wildman–Crippen LogP) is 4.14. The van der Waals surface area contributed by atoms with Crippen LogP contribution in [0.4, 0.5) is 10.5 Å². The summed E-state index contributed by atoms with van der Waals surface area (Å²) in [5, 5.41) is 9.37. The van der Waals surface area contributed by atoms with Crippen LogP contribution in [0.25, 0.3) is 0 Å². The van der Waals surface area contributed by atoms with Crippen LogP contribution in [0.1, 0.15) is 50.9 Å². The minimum absolute atomic E-state index is 0. The minimum atomic E-state index is -0.341. The monoisotopic (exact) mass is 430 g/mol. The average molecular weight is 431 g/mol. The molecule has 3 amide bonds. The molecule has 3 N–H and O–H groups in total. The van der Waals surface area contributed by atoms with Crippen LogP contribution in [-0.4, -0.2) is 48.6 Å². The number of halogens is 2. The Morgan fingerprint density at radius 3 is 2.43 bits per heavy atom. The second kappa shape index (κ2) is 10.9. The summed E-state index contributed by atoms with van der Waals surface area (Å²) in [5.41, 5.74) is 0.633. The quantitative estimate of drug-likeness (QED) is 0.656. The van der Waals surface area contributed by atoms with E-state index in [1.807, 2.05) is 25.7 Å². The molecule has 1 fully saturated rings. The molecule has 2 rings (SSSR count). The van der Waals surface area contributed by atoms with E-state index in [1.54, 1.807) is 18.2 Å². The molecular weight excluding hydrogens is 399 g/mol. The fraction of sp³-hybridized carbons (Fsp3) is 0.600. The third-order valence-electron chi connectivity index (χ3n) is 4.53. The first kappa shape index (κ1) is 24.5. The highest BCUT2D eigenvalue weighted by Crippen LogP contribution is 2.25. The number of rotatable bonds is 5. The number of nitrogens with one attached hydrogen (secondary N) is 3. The van der Waals surface area contributed by atoms with Crippen LogP contribution < -0.4 is 16.0 Å². The molecule has 0 unspecified atom stereocenters. The van der Waals surface area contributed by atoms with Gasteiger partial charge in [0, 0.05) is 24.3 Å². The van der Waals surface area contributed by atoms with Crippen molar-refractivity contribution in [3.05, 3.63) is 28.8 Å². The first-order chi connectivity index (χ1) is 12.7. The van der Waals surface area contributed by atoms with Crippen LogP contribution in [0.3, 0.4) is 0 Å². The maximum absolute atomic E-state index is 12.9. The molecule has 1 aliphatic rings. The zero-order chi connectivity index (χ0) is 20.0. The van der Waals surface area contributed by atoms with Crippen LogP contribution in [0.15, 0.2) is 18.2 Å². The molecule has 1 aromatic rings. The largest absolute Gasteiger partial charge is 0.339 e. The van der Waals surface area contributed by atoms with Gasteiger partial charge in [-0.1, -0.05) is 18.5 Å². The van der Waals surface area contributed by atoms with E-state index in [1.165, 1.54) is 0 Å². The standard InChI is InChI=1S/C20H31ClN4O2.ClH/c1-5-22-13-14-8-10-25(11-9-14)18(26)16-12-15(6-7-17(16)21)23-19(27)24-20(2,3)4;/h6-7,12,14,22H,5,8-11,13H2,1-4H3,(H2,23,24,27);1H. The van der Waals surface area contributed by atoms with Gasteiger partial charge in [-0.25, -0.2) is 4.79 Å². The number of carbonyl (C=O) groups is 2. The molecule has 0 bridgehead atoms. The minimum Gasteiger partial charge on any atom is -0.339 e. The van der Waals surface area contributed by atoms with Crippen molar-refractivity contribution < 1.29 is 9.59 Å². The number of urea groups is 1. The summed E-state index contributed by atoms with van der Waals surface area (Å²) in [7, 11) is 0. The van der Waals surface area contributed by atoms with Crippen molar-refractivity contribution in [2.45, 2.75) is 46.1 Å². The fourth-order valence-corrected chi connectivity index (χ4v) is 3.33. The second-order valence-corrected chi connectivity index (χ2v) is 8.47. The molecule has 8 heteroatoms. The molecule has 28 heavy (non-hydrogen) atoms. The van der Waals surface area contributed by atoms with E-state index in [0.717, 1.165) is 39.0 Å². The van der Waals surface area contributed by atoms with E-state index < -0.39 is 0 Å². The number of anilines is 1.